The minimum absolute atomic E-state index is 0.0282. The molecular weight excluding hydrogens is 617 g/mol. The lowest BCUT2D eigenvalue weighted by atomic mass is 9.85. The Hall–Kier alpha value is -6.30. The van der Waals surface area contributed by atoms with Crippen LogP contribution in [0, 0.1) is 18.3 Å². The summed E-state index contributed by atoms with van der Waals surface area (Å²) in [4.78, 5) is 10.3. The molecule has 0 aliphatic carbocycles. The molecule has 1 unspecified atom stereocenters. The molecule has 0 saturated heterocycles. The van der Waals surface area contributed by atoms with Crippen LogP contribution in [-0.2, 0) is 0 Å². The van der Waals surface area contributed by atoms with Crippen molar-refractivity contribution >= 4 is 32.8 Å². The van der Waals surface area contributed by atoms with Crippen molar-refractivity contribution in [2.75, 3.05) is 0 Å². The van der Waals surface area contributed by atoms with Crippen LogP contribution in [0.15, 0.2) is 175 Å². The quantitative estimate of drug-likeness (QED) is 0.0909. The summed E-state index contributed by atoms with van der Waals surface area (Å²) in [5, 5.41) is 4.96. The van der Waals surface area contributed by atoms with Gasteiger partial charge in [-0.05, 0) is 111 Å². The summed E-state index contributed by atoms with van der Waals surface area (Å²) in [6.07, 6.45) is 16.1. The van der Waals surface area contributed by atoms with Crippen LogP contribution in [0.1, 0.15) is 36.9 Å². The number of aromatic nitrogens is 1. The molecular formula is C49H38N2. The van der Waals surface area contributed by atoms with Crippen molar-refractivity contribution in [1.29, 1.82) is 0 Å². The van der Waals surface area contributed by atoms with E-state index in [2.05, 4.69) is 164 Å². The van der Waals surface area contributed by atoms with Crippen LogP contribution in [0.5, 0.6) is 0 Å². The second-order valence-electron chi connectivity index (χ2n) is 13.2. The van der Waals surface area contributed by atoms with Gasteiger partial charge in [-0.3, -0.25) is 9.98 Å². The maximum absolute atomic E-state index is 6.16. The van der Waals surface area contributed by atoms with Gasteiger partial charge < -0.3 is 0 Å². The second-order valence-corrected chi connectivity index (χ2v) is 13.2. The molecule has 2 nitrogen and oxygen atoms in total. The molecule has 0 radical (unpaired) electrons. The predicted octanol–water partition coefficient (Wildman–Crippen LogP) is 12.6. The number of benzene rings is 6. The molecule has 1 aliphatic heterocycles. The van der Waals surface area contributed by atoms with E-state index in [1.165, 1.54) is 38.2 Å². The third-order valence-electron chi connectivity index (χ3n) is 9.94. The number of terminal acetylenes is 1. The first-order chi connectivity index (χ1) is 25.2. The van der Waals surface area contributed by atoms with Crippen molar-refractivity contribution in [1.82, 2.24) is 4.98 Å². The minimum atomic E-state index is -0.109. The van der Waals surface area contributed by atoms with E-state index in [0.717, 1.165) is 52.1 Å². The molecule has 244 valence electrons. The number of pyridine rings is 1. The fraction of sp³-hybridized carbons (Fsp3) is 0.102. The lowest BCUT2D eigenvalue weighted by Gasteiger charge is -2.25. The maximum Gasteiger partial charge on any atom is 0.0793 e. The van der Waals surface area contributed by atoms with Crippen molar-refractivity contribution in [2.24, 2.45) is 10.9 Å². The average Bonchev–Trinajstić information content (AvgIpc) is 3.21. The Morgan fingerprint density at radius 3 is 2.12 bits per heavy atom. The number of fused-ring (bicyclic) bond motifs is 3. The van der Waals surface area contributed by atoms with E-state index in [4.69, 9.17) is 16.4 Å². The van der Waals surface area contributed by atoms with Gasteiger partial charge in [-0.2, -0.15) is 0 Å². The Morgan fingerprint density at radius 2 is 1.37 bits per heavy atom. The molecule has 0 amide bonds. The Morgan fingerprint density at radius 1 is 0.686 bits per heavy atom. The molecule has 2 heteroatoms. The Balaban J connectivity index is 1.32. The zero-order valence-corrected chi connectivity index (χ0v) is 28.7. The number of dihydropyridines is 1. The summed E-state index contributed by atoms with van der Waals surface area (Å²) in [6.45, 7) is 2.04. The maximum atomic E-state index is 6.16. The number of hydrogen-bond acceptors (Lipinski definition) is 2. The summed E-state index contributed by atoms with van der Waals surface area (Å²) < 4.78 is 0. The predicted molar refractivity (Wildman–Crippen MR) is 217 cm³/mol. The fourth-order valence-corrected chi connectivity index (χ4v) is 7.29. The van der Waals surface area contributed by atoms with Gasteiger partial charge in [0.25, 0.3) is 0 Å². The standard InChI is InChI=1S/C49H38N2/c1-3-5-16-34(4-2)48-31-40(32-49(51-48)36-19-10-7-11-20-36)39-27-41(46-30-37-21-12-13-22-43(37)44-23-14-15-24-45(44)46)29-42(28-39)47-26-25-38(33-50-47)35-17-8-6-9-18-35/h2-3,5-15,17-31,33-34,49H,16,32H2,1H3/b5-3-/t34-,49?/m0/s1. The number of allylic oxidation sites excluding steroid dienone is 3. The van der Waals surface area contributed by atoms with Gasteiger partial charge >= 0.3 is 0 Å². The summed E-state index contributed by atoms with van der Waals surface area (Å²) in [5.41, 5.74) is 11.1. The first-order valence-electron chi connectivity index (χ1n) is 17.7. The first kappa shape index (κ1) is 31.9. The van der Waals surface area contributed by atoms with E-state index < -0.39 is 0 Å². The normalized spacial score (nSPS) is 15.0. The molecule has 0 spiro atoms. The third kappa shape index (κ3) is 6.55. The van der Waals surface area contributed by atoms with Gasteiger partial charge in [0.05, 0.1) is 23.4 Å². The van der Waals surface area contributed by atoms with Crippen molar-refractivity contribution in [3.63, 3.8) is 0 Å². The molecule has 7 aromatic rings. The van der Waals surface area contributed by atoms with Gasteiger partial charge in [0, 0.05) is 17.3 Å². The Labute approximate surface area is 300 Å². The molecule has 0 fully saturated rings. The largest absolute Gasteiger partial charge is 0.280 e. The van der Waals surface area contributed by atoms with Crippen LogP contribution in [0.3, 0.4) is 0 Å². The van der Waals surface area contributed by atoms with Crippen molar-refractivity contribution in [3.05, 3.63) is 181 Å². The third-order valence-corrected chi connectivity index (χ3v) is 9.94. The molecule has 0 saturated carbocycles. The number of nitrogens with zero attached hydrogens (tertiary/aromatic N) is 2. The van der Waals surface area contributed by atoms with E-state index >= 15 is 0 Å². The summed E-state index contributed by atoms with van der Waals surface area (Å²) >= 11 is 0. The zero-order valence-electron chi connectivity index (χ0n) is 28.7. The molecule has 0 N–H and O–H groups in total. The Kier molecular flexibility index (Phi) is 8.94. The minimum Gasteiger partial charge on any atom is -0.280 e. The summed E-state index contributed by atoms with van der Waals surface area (Å²) in [7, 11) is 0. The highest BCUT2D eigenvalue weighted by Crippen LogP contribution is 2.41. The highest BCUT2D eigenvalue weighted by Gasteiger charge is 2.24. The van der Waals surface area contributed by atoms with Crippen molar-refractivity contribution in [3.8, 4) is 45.9 Å². The number of aliphatic imine (C=N–C) groups is 1. The van der Waals surface area contributed by atoms with Crippen molar-refractivity contribution in [2.45, 2.75) is 25.8 Å². The highest BCUT2D eigenvalue weighted by atomic mass is 14.8. The number of hydrogen-bond donors (Lipinski definition) is 0. The molecule has 1 aromatic heterocycles. The average molecular weight is 655 g/mol. The topological polar surface area (TPSA) is 25.2 Å². The summed E-state index contributed by atoms with van der Waals surface area (Å²) in [5.74, 6) is 2.94. The molecule has 51 heavy (non-hydrogen) atoms. The van der Waals surface area contributed by atoms with Crippen molar-refractivity contribution < 1.29 is 0 Å². The molecule has 6 aromatic carbocycles. The first-order valence-corrected chi connectivity index (χ1v) is 17.7. The lowest BCUT2D eigenvalue weighted by molar-refractivity contribution is 0.731. The molecule has 8 rings (SSSR count). The van der Waals surface area contributed by atoms with E-state index in [9.17, 15) is 0 Å². The second kappa shape index (κ2) is 14.3. The molecule has 2 heterocycles. The fourth-order valence-electron chi connectivity index (χ4n) is 7.29. The van der Waals surface area contributed by atoms with Crippen LogP contribution in [0.2, 0.25) is 0 Å². The lowest BCUT2D eigenvalue weighted by Crippen LogP contribution is -2.16. The molecule has 2 atom stereocenters. The van der Waals surface area contributed by atoms with Gasteiger partial charge in [0.2, 0.25) is 0 Å². The van der Waals surface area contributed by atoms with Crippen LogP contribution >= 0.6 is 0 Å². The van der Waals surface area contributed by atoms with Crippen LogP contribution in [-0.4, -0.2) is 10.7 Å². The number of rotatable bonds is 8. The monoisotopic (exact) mass is 654 g/mol. The van der Waals surface area contributed by atoms with Crippen LogP contribution < -0.4 is 0 Å². The van der Waals surface area contributed by atoms with Gasteiger partial charge in [-0.25, -0.2) is 0 Å². The Bertz CT molecular complexity index is 2480. The molecule has 1 aliphatic rings. The smallest absolute Gasteiger partial charge is 0.0793 e. The van der Waals surface area contributed by atoms with E-state index in [0.29, 0.717) is 0 Å². The van der Waals surface area contributed by atoms with Gasteiger partial charge in [0.1, 0.15) is 0 Å². The zero-order chi connectivity index (χ0) is 34.6. The van der Waals surface area contributed by atoms with Gasteiger partial charge in [-0.15, -0.1) is 6.42 Å². The van der Waals surface area contributed by atoms with E-state index in [1.54, 1.807) is 0 Å². The summed E-state index contributed by atoms with van der Waals surface area (Å²) in [6, 6.07) is 52.0. The highest BCUT2D eigenvalue weighted by molar-refractivity contribution is 6.14. The van der Waals surface area contributed by atoms with Gasteiger partial charge in [0.15, 0.2) is 0 Å². The van der Waals surface area contributed by atoms with E-state index in [-0.39, 0.29) is 12.0 Å². The van der Waals surface area contributed by atoms with Crippen LogP contribution in [0.4, 0.5) is 0 Å². The SMILES string of the molecule is C#C[C@@H](C/C=C\C)C1=NC(c2ccccc2)CC(c2cc(-c3ccc(-c4ccccc4)cn3)cc(-c3cc4ccccc4c4ccccc34)c2)=C1. The van der Waals surface area contributed by atoms with Crippen LogP contribution in [0.25, 0.3) is 60.6 Å². The van der Waals surface area contributed by atoms with E-state index in [1.807, 2.05) is 19.2 Å². The molecule has 0 bridgehead atoms. The van der Waals surface area contributed by atoms with Gasteiger partial charge in [-0.1, -0.05) is 133 Å².